The van der Waals surface area contributed by atoms with Crippen LogP contribution < -0.4 is 5.32 Å². The van der Waals surface area contributed by atoms with Crippen LogP contribution in [0.1, 0.15) is 19.8 Å². The van der Waals surface area contributed by atoms with Gasteiger partial charge < -0.3 is 15.3 Å². The highest BCUT2D eigenvalue weighted by Gasteiger charge is 2.26. The molecule has 2 rings (SSSR count). The Morgan fingerprint density at radius 1 is 1.35 bits per heavy atom. The Balaban J connectivity index is 1.75. The van der Waals surface area contributed by atoms with Gasteiger partial charge >= 0.3 is 6.09 Å². The van der Waals surface area contributed by atoms with Crippen molar-refractivity contribution >= 4 is 6.09 Å². The summed E-state index contributed by atoms with van der Waals surface area (Å²) in [5.74, 6) is 0.672. The Hall–Kier alpha value is -0.810. The highest BCUT2D eigenvalue weighted by atomic mass is 16.4. The first-order chi connectivity index (χ1) is 8.16. The van der Waals surface area contributed by atoms with Gasteiger partial charge in [0.25, 0.3) is 0 Å². The molecule has 0 aromatic rings. The molecule has 17 heavy (non-hydrogen) atoms. The maximum atomic E-state index is 10.8. The van der Waals surface area contributed by atoms with Crippen LogP contribution in [0.25, 0.3) is 0 Å². The summed E-state index contributed by atoms with van der Waals surface area (Å²) in [7, 11) is 0. The molecule has 2 fully saturated rings. The minimum absolute atomic E-state index is 0.612. The highest BCUT2D eigenvalue weighted by molar-refractivity contribution is 5.64. The predicted molar refractivity (Wildman–Crippen MR) is 66.2 cm³/mol. The van der Waals surface area contributed by atoms with E-state index in [1.54, 1.807) is 0 Å². The monoisotopic (exact) mass is 241 g/mol. The number of rotatable bonds is 2. The standard InChI is InChI=1S/C12H23N3O2/c1-10-8-13-4-7-15(10)9-11-2-5-14(6-3-11)12(16)17/h10-11,13H,2-9H2,1H3,(H,16,17)/t10-/m1/s1. The fourth-order valence-electron chi connectivity index (χ4n) is 2.79. The van der Waals surface area contributed by atoms with E-state index in [0.29, 0.717) is 25.0 Å². The van der Waals surface area contributed by atoms with E-state index >= 15 is 0 Å². The van der Waals surface area contributed by atoms with E-state index < -0.39 is 6.09 Å². The normalized spacial score (nSPS) is 28.3. The largest absolute Gasteiger partial charge is 0.465 e. The van der Waals surface area contributed by atoms with E-state index in [9.17, 15) is 4.79 Å². The molecule has 1 atom stereocenters. The number of carboxylic acid groups (broad SMARTS) is 1. The second-order valence-electron chi connectivity index (χ2n) is 5.26. The van der Waals surface area contributed by atoms with E-state index in [4.69, 9.17) is 5.11 Å². The fraction of sp³-hybridized carbons (Fsp3) is 0.917. The van der Waals surface area contributed by atoms with E-state index in [1.807, 2.05) is 0 Å². The number of nitrogens with zero attached hydrogens (tertiary/aromatic N) is 2. The van der Waals surface area contributed by atoms with E-state index in [0.717, 1.165) is 39.0 Å². The van der Waals surface area contributed by atoms with Crippen LogP contribution in [-0.2, 0) is 0 Å². The average Bonchev–Trinajstić information content (AvgIpc) is 2.33. The molecular formula is C12H23N3O2. The van der Waals surface area contributed by atoms with Crippen molar-refractivity contribution in [1.82, 2.24) is 15.1 Å². The summed E-state index contributed by atoms with van der Waals surface area (Å²) < 4.78 is 0. The smallest absolute Gasteiger partial charge is 0.407 e. The lowest BCUT2D eigenvalue weighted by Crippen LogP contribution is -2.52. The zero-order valence-electron chi connectivity index (χ0n) is 10.6. The van der Waals surface area contributed by atoms with Gasteiger partial charge in [-0.15, -0.1) is 0 Å². The molecule has 2 saturated heterocycles. The first kappa shape index (κ1) is 12.6. The molecule has 0 aromatic heterocycles. The molecule has 0 aliphatic carbocycles. The lowest BCUT2D eigenvalue weighted by molar-refractivity contribution is 0.0974. The van der Waals surface area contributed by atoms with E-state index in [2.05, 4.69) is 17.1 Å². The Labute approximate surface area is 103 Å². The van der Waals surface area contributed by atoms with Crippen molar-refractivity contribution in [3.8, 4) is 0 Å². The van der Waals surface area contributed by atoms with Crippen molar-refractivity contribution in [3.63, 3.8) is 0 Å². The lowest BCUT2D eigenvalue weighted by atomic mass is 9.95. The van der Waals surface area contributed by atoms with Gasteiger partial charge in [-0.3, -0.25) is 4.90 Å². The van der Waals surface area contributed by atoms with Crippen LogP contribution in [0.4, 0.5) is 4.79 Å². The first-order valence-electron chi connectivity index (χ1n) is 6.59. The van der Waals surface area contributed by atoms with Crippen LogP contribution in [0.3, 0.4) is 0 Å². The fourth-order valence-corrected chi connectivity index (χ4v) is 2.79. The topological polar surface area (TPSA) is 55.8 Å². The summed E-state index contributed by atoms with van der Waals surface area (Å²) in [6.45, 7) is 8.10. The molecule has 2 aliphatic rings. The summed E-state index contributed by atoms with van der Waals surface area (Å²) >= 11 is 0. The molecule has 0 unspecified atom stereocenters. The Kier molecular flexibility index (Phi) is 4.23. The highest BCUT2D eigenvalue weighted by Crippen LogP contribution is 2.19. The lowest BCUT2D eigenvalue weighted by Gasteiger charge is -2.38. The zero-order valence-corrected chi connectivity index (χ0v) is 10.6. The minimum Gasteiger partial charge on any atom is -0.465 e. The third-order valence-corrected chi connectivity index (χ3v) is 4.02. The van der Waals surface area contributed by atoms with Crippen molar-refractivity contribution in [3.05, 3.63) is 0 Å². The van der Waals surface area contributed by atoms with Crippen molar-refractivity contribution in [2.24, 2.45) is 5.92 Å². The molecule has 1 amide bonds. The van der Waals surface area contributed by atoms with Crippen LogP contribution >= 0.6 is 0 Å². The van der Waals surface area contributed by atoms with Gasteiger partial charge in [0, 0.05) is 45.3 Å². The predicted octanol–water partition coefficient (Wildman–Crippen LogP) is 0.670. The molecule has 2 aliphatic heterocycles. The second-order valence-corrected chi connectivity index (χ2v) is 5.26. The van der Waals surface area contributed by atoms with Crippen molar-refractivity contribution in [2.45, 2.75) is 25.8 Å². The van der Waals surface area contributed by atoms with E-state index in [-0.39, 0.29) is 0 Å². The molecule has 98 valence electrons. The molecule has 5 heteroatoms. The Bertz CT molecular complexity index is 264. The molecule has 5 nitrogen and oxygen atoms in total. The van der Waals surface area contributed by atoms with Crippen LogP contribution in [0.2, 0.25) is 0 Å². The minimum atomic E-state index is -0.765. The summed E-state index contributed by atoms with van der Waals surface area (Å²) in [5, 5.41) is 12.3. The second kappa shape index (κ2) is 5.69. The molecule has 0 bridgehead atoms. The van der Waals surface area contributed by atoms with Gasteiger partial charge in [0.05, 0.1) is 0 Å². The zero-order chi connectivity index (χ0) is 12.3. The molecule has 0 aromatic carbocycles. The van der Waals surface area contributed by atoms with Gasteiger partial charge in [0.15, 0.2) is 0 Å². The quantitative estimate of drug-likeness (QED) is 0.746. The number of amides is 1. The summed E-state index contributed by atoms with van der Waals surface area (Å²) in [4.78, 5) is 14.9. The first-order valence-corrected chi connectivity index (χ1v) is 6.59. The number of likely N-dealkylation sites (tertiary alicyclic amines) is 1. The number of hydrogen-bond acceptors (Lipinski definition) is 3. The number of carbonyl (C=O) groups is 1. The van der Waals surface area contributed by atoms with Gasteiger partial charge in [0.1, 0.15) is 0 Å². The molecule has 0 radical (unpaired) electrons. The molecule has 0 spiro atoms. The maximum Gasteiger partial charge on any atom is 0.407 e. The molecule has 0 saturated carbocycles. The molecular weight excluding hydrogens is 218 g/mol. The van der Waals surface area contributed by atoms with Crippen LogP contribution in [0, 0.1) is 5.92 Å². The average molecular weight is 241 g/mol. The van der Waals surface area contributed by atoms with Gasteiger partial charge in [-0.25, -0.2) is 4.79 Å². The molecule has 2 heterocycles. The van der Waals surface area contributed by atoms with Crippen molar-refractivity contribution in [1.29, 1.82) is 0 Å². The Morgan fingerprint density at radius 2 is 2.06 bits per heavy atom. The number of piperidine rings is 1. The number of piperazine rings is 1. The van der Waals surface area contributed by atoms with Crippen molar-refractivity contribution < 1.29 is 9.90 Å². The van der Waals surface area contributed by atoms with Gasteiger partial charge in [-0.1, -0.05) is 0 Å². The third-order valence-electron chi connectivity index (χ3n) is 4.02. The Morgan fingerprint density at radius 3 is 2.65 bits per heavy atom. The number of hydrogen-bond donors (Lipinski definition) is 2. The van der Waals surface area contributed by atoms with Crippen LogP contribution in [0.5, 0.6) is 0 Å². The summed E-state index contributed by atoms with van der Waals surface area (Å²) in [5.41, 5.74) is 0. The van der Waals surface area contributed by atoms with E-state index in [1.165, 1.54) is 4.90 Å². The number of nitrogens with one attached hydrogen (secondary N) is 1. The summed E-state index contributed by atoms with van der Waals surface area (Å²) in [6, 6.07) is 0.612. The van der Waals surface area contributed by atoms with Crippen LogP contribution in [-0.4, -0.2) is 66.3 Å². The van der Waals surface area contributed by atoms with Gasteiger partial charge in [0.2, 0.25) is 0 Å². The van der Waals surface area contributed by atoms with Crippen molar-refractivity contribution in [2.75, 3.05) is 39.3 Å². The SMILES string of the molecule is C[C@@H]1CNCCN1CC1CCN(C(=O)O)CC1. The summed E-state index contributed by atoms with van der Waals surface area (Å²) in [6.07, 6.45) is 1.27. The maximum absolute atomic E-state index is 10.8. The van der Waals surface area contributed by atoms with Crippen LogP contribution in [0.15, 0.2) is 0 Å². The van der Waals surface area contributed by atoms with Gasteiger partial charge in [-0.05, 0) is 25.7 Å². The third kappa shape index (κ3) is 3.33. The molecule has 2 N–H and O–H groups in total. The van der Waals surface area contributed by atoms with Gasteiger partial charge in [-0.2, -0.15) is 0 Å².